The second-order valence-electron chi connectivity index (χ2n) is 6.59. The van der Waals surface area contributed by atoms with Crippen molar-refractivity contribution in [1.29, 1.82) is 0 Å². The molecule has 0 radical (unpaired) electrons. The average Bonchev–Trinajstić information content (AvgIpc) is 2.67. The van der Waals surface area contributed by atoms with Crippen molar-refractivity contribution < 1.29 is 27.8 Å². The first-order valence-corrected chi connectivity index (χ1v) is 10.0. The Hall–Kier alpha value is -1.97. The van der Waals surface area contributed by atoms with E-state index in [1.54, 1.807) is 18.2 Å². The molecule has 1 fully saturated rings. The van der Waals surface area contributed by atoms with Crippen molar-refractivity contribution in [3.05, 3.63) is 52.0 Å². The predicted octanol–water partition coefficient (Wildman–Crippen LogP) is 4.45. The lowest BCUT2D eigenvalue weighted by atomic mass is 9.96. The van der Waals surface area contributed by atoms with Crippen LogP contribution in [-0.4, -0.2) is 49.2 Å². The fourth-order valence-electron chi connectivity index (χ4n) is 3.42. The summed E-state index contributed by atoms with van der Waals surface area (Å²) in [5.41, 5.74) is 1.69. The SMILES string of the molecule is CCOc1cc([C@H](c2ccc(OC(F)(F)F)cc2)N2CCNCC2)cc(Br)c1O. The zero-order chi connectivity index (χ0) is 21.0. The second-order valence-corrected chi connectivity index (χ2v) is 7.44. The maximum atomic E-state index is 12.5. The summed E-state index contributed by atoms with van der Waals surface area (Å²) >= 11 is 3.37. The predicted molar refractivity (Wildman–Crippen MR) is 106 cm³/mol. The van der Waals surface area contributed by atoms with Crippen molar-refractivity contribution in [3.8, 4) is 17.2 Å². The van der Waals surface area contributed by atoms with Gasteiger partial charge in [-0.05, 0) is 58.2 Å². The summed E-state index contributed by atoms with van der Waals surface area (Å²) < 4.78 is 47.5. The summed E-state index contributed by atoms with van der Waals surface area (Å²) in [5, 5.41) is 13.5. The van der Waals surface area contributed by atoms with Gasteiger partial charge < -0.3 is 19.9 Å². The first-order chi connectivity index (χ1) is 13.8. The number of rotatable bonds is 6. The first-order valence-electron chi connectivity index (χ1n) is 9.24. The Balaban J connectivity index is 1.99. The van der Waals surface area contributed by atoms with Gasteiger partial charge in [0.2, 0.25) is 0 Å². The molecule has 1 saturated heterocycles. The molecule has 2 aromatic carbocycles. The van der Waals surface area contributed by atoms with E-state index in [1.165, 1.54) is 12.1 Å². The normalized spacial score (nSPS) is 16.4. The molecule has 1 aliphatic rings. The van der Waals surface area contributed by atoms with E-state index in [-0.39, 0.29) is 17.5 Å². The van der Waals surface area contributed by atoms with E-state index < -0.39 is 6.36 Å². The lowest BCUT2D eigenvalue weighted by Gasteiger charge is -2.36. The highest BCUT2D eigenvalue weighted by atomic mass is 79.9. The zero-order valence-corrected chi connectivity index (χ0v) is 17.4. The van der Waals surface area contributed by atoms with Crippen molar-refractivity contribution in [3.63, 3.8) is 0 Å². The Morgan fingerprint density at radius 2 is 1.79 bits per heavy atom. The van der Waals surface area contributed by atoms with Gasteiger partial charge in [0.05, 0.1) is 17.1 Å². The number of nitrogens with zero attached hydrogens (tertiary/aromatic N) is 1. The smallest absolute Gasteiger partial charge is 0.503 e. The summed E-state index contributed by atoms with van der Waals surface area (Å²) in [5.74, 6) is 0.111. The quantitative estimate of drug-likeness (QED) is 0.647. The van der Waals surface area contributed by atoms with Gasteiger partial charge in [-0.3, -0.25) is 4.90 Å². The molecule has 0 aliphatic carbocycles. The average molecular weight is 475 g/mol. The number of hydrogen-bond donors (Lipinski definition) is 2. The molecule has 0 unspecified atom stereocenters. The van der Waals surface area contributed by atoms with E-state index in [4.69, 9.17) is 4.74 Å². The van der Waals surface area contributed by atoms with Gasteiger partial charge in [0, 0.05) is 26.2 Å². The zero-order valence-electron chi connectivity index (χ0n) is 15.8. The standard InChI is InChI=1S/C20H22BrF3N2O3/c1-2-28-17-12-14(11-16(21)19(17)27)18(26-9-7-25-8-10-26)13-3-5-15(6-4-13)29-20(22,23)24/h3-6,11-12,18,25,27H,2,7-10H2,1H3/t18-/m0/s1. The van der Waals surface area contributed by atoms with Crippen molar-refractivity contribution >= 4 is 15.9 Å². The molecule has 1 heterocycles. The molecule has 1 aliphatic heterocycles. The van der Waals surface area contributed by atoms with Crippen LogP contribution in [0.2, 0.25) is 0 Å². The van der Waals surface area contributed by atoms with Gasteiger partial charge in [0.15, 0.2) is 11.5 Å². The number of phenols is 1. The van der Waals surface area contributed by atoms with Crippen LogP contribution in [0.1, 0.15) is 24.1 Å². The molecule has 9 heteroatoms. The number of aromatic hydroxyl groups is 1. The van der Waals surface area contributed by atoms with Crippen molar-refractivity contribution in [2.45, 2.75) is 19.3 Å². The molecule has 29 heavy (non-hydrogen) atoms. The number of halogens is 4. The van der Waals surface area contributed by atoms with Gasteiger partial charge in [-0.1, -0.05) is 12.1 Å². The van der Waals surface area contributed by atoms with Crippen LogP contribution in [0.3, 0.4) is 0 Å². The Labute approximate surface area is 175 Å². The molecule has 0 amide bonds. The molecule has 3 rings (SSSR count). The van der Waals surface area contributed by atoms with Crippen LogP contribution in [0, 0.1) is 0 Å². The maximum absolute atomic E-state index is 12.5. The van der Waals surface area contributed by atoms with Gasteiger partial charge in [0.25, 0.3) is 0 Å². The number of hydrogen-bond acceptors (Lipinski definition) is 5. The molecule has 5 nitrogen and oxygen atoms in total. The lowest BCUT2D eigenvalue weighted by Crippen LogP contribution is -2.45. The summed E-state index contributed by atoms with van der Waals surface area (Å²) in [6.07, 6.45) is -4.73. The van der Waals surface area contributed by atoms with Crippen molar-refractivity contribution in [1.82, 2.24) is 10.2 Å². The Bertz CT molecular complexity index is 825. The molecular formula is C20H22BrF3N2O3. The lowest BCUT2D eigenvalue weighted by molar-refractivity contribution is -0.274. The highest BCUT2D eigenvalue weighted by molar-refractivity contribution is 9.10. The van der Waals surface area contributed by atoms with Crippen LogP contribution in [0.25, 0.3) is 0 Å². The monoisotopic (exact) mass is 474 g/mol. The fraction of sp³-hybridized carbons (Fsp3) is 0.400. The van der Waals surface area contributed by atoms with E-state index in [1.807, 2.05) is 13.0 Å². The molecule has 0 spiro atoms. The van der Waals surface area contributed by atoms with E-state index in [0.717, 1.165) is 37.3 Å². The number of benzene rings is 2. The van der Waals surface area contributed by atoms with Crippen molar-refractivity contribution in [2.75, 3.05) is 32.8 Å². The third kappa shape index (κ3) is 5.55. The molecule has 0 saturated carbocycles. The maximum Gasteiger partial charge on any atom is 0.573 e. The fourth-order valence-corrected chi connectivity index (χ4v) is 3.88. The van der Waals surface area contributed by atoms with Gasteiger partial charge in [-0.25, -0.2) is 0 Å². The van der Waals surface area contributed by atoms with Crippen LogP contribution in [-0.2, 0) is 0 Å². The van der Waals surface area contributed by atoms with Gasteiger partial charge >= 0.3 is 6.36 Å². The van der Waals surface area contributed by atoms with Crippen LogP contribution < -0.4 is 14.8 Å². The summed E-state index contributed by atoms with van der Waals surface area (Å²) in [7, 11) is 0. The highest BCUT2D eigenvalue weighted by Gasteiger charge is 2.31. The van der Waals surface area contributed by atoms with Crippen LogP contribution in [0.15, 0.2) is 40.9 Å². The molecule has 158 valence electrons. The summed E-state index contributed by atoms with van der Waals surface area (Å²) in [6, 6.07) is 9.27. The van der Waals surface area contributed by atoms with Gasteiger partial charge in [-0.15, -0.1) is 13.2 Å². The van der Waals surface area contributed by atoms with E-state index >= 15 is 0 Å². The van der Waals surface area contributed by atoms with Gasteiger partial charge in [-0.2, -0.15) is 0 Å². The van der Waals surface area contributed by atoms with E-state index in [9.17, 15) is 18.3 Å². The van der Waals surface area contributed by atoms with Gasteiger partial charge in [0.1, 0.15) is 5.75 Å². The largest absolute Gasteiger partial charge is 0.573 e. The minimum absolute atomic E-state index is 0.0172. The number of alkyl halides is 3. The van der Waals surface area contributed by atoms with Crippen LogP contribution >= 0.6 is 15.9 Å². The summed E-state index contributed by atoms with van der Waals surface area (Å²) in [4.78, 5) is 2.24. The highest BCUT2D eigenvalue weighted by Crippen LogP contribution is 2.40. The third-order valence-corrected chi connectivity index (χ3v) is 5.22. The Morgan fingerprint density at radius 3 is 2.38 bits per heavy atom. The minimum Gasteiger partial charge on any atom is -0.503 e. The molecule has 0 aromatic heterocycles. The first kappa shape index (κ1) is 21.7. The third-order valence-electron chi connectivity index (χ3n) is 4.61. The minimum atomic E-state index is -4.73. The Morgan fingerprint density at radius 1 is 1.14 bits per heavy atom. The molecule has 2 N–H and O–H groups in total. The summed E-state index contributed by atoms with van der Waals surface area (Å²) in [6.45, 7) is 5.38. The number of piperazine rings is 1. The van der Waals surface area contributed by atoms with E-state index in [2.05, 4.69) is 30.9 Å². The van der Waals surface area contributed by atoms with Crippen LogP contribution in [0.5, 0.6) is 17.2 Å². The molecule has 0 bridgehead atoms. The molecular weight excluding hydrogens is 453 g/mol. The van der Waals surface area contributed by atoms with E-state index in [0.29, 0.717) is 16.8 Å². The Kier molecular flexibility index (Phi) is 6.92. The topological polar surface area (TPSA) is 54.0 Å². The van der Waals surface area contributed by atoms with Crippen molar-refractivity contribution in [2.24, 2.45) is 0 Å². The number of ether oxygens (including phenoxy) is 2. The second kappa shape index (κ2) is 9.23. The molecule has 1 atom stereocenters. The van der Waals surface area contributed by atoms with Crippen LogP contribution in [0.4, 0.5) is 13.2 Å². The molecule has 2 aromatic rings. The number of phenolic OH excluding ortho intramolecular Hbond substituents is 1. The number of nitrogens with one attached hydrogen (secondary N) is 1.